The van der Waals surface area contributed by atoms with Gasteiger partial charge in [0.25, 0.3) is 11.6 Å². The van der Waals surface area contributed by atoms with Gasteiger partial charge in [0.2, 0.25) is 6.23 Å². The van der Waals surface area contributed by atoms with Gasteiger partial charge in [0, 0.05) is 42.6 Å². The fourth-order valence-corrected chi connectivity index (χ4v) is 1.82. The number of nitro groups is 1. The van der Waals surface area contributed by atoms with Crippen LogP contribution in [0.15, 0.2) is 48.8 Å². The Morgan fingerprint density at radius 2 is 1.78 bits per heavy atom. The molecule has 0 saturated heterocycles. The monoisotopic (exact) mass is 315 g/mol. The second-order valence-corrected chi connectivity index (χ2v) is 4.55. The maximum absolute atomic E-state index is 12.2. The molecule has 8 heteroatoms. The molecule has 8 nitrogen and oxygen atoms in total. The van der Waals surface area contributed by atoms with Gasteiger partial charge in [-0.2, -0.15) is 0 Å². The first-order valence-electron chi connectivity index (χ1n) is 6.60. The molecule has 118 valence electrons. The van der Waals surface area contributed by atoms with Gasteiger partial charge >= 0.3 is 5.97 Å². The van der Waals surface area contributed by atoms with Crippen molar-refractivity contribution in [3.8, 4) is 0 Å². The molecule has 1 unspecified atom stereocenters. The van der Waals surface area contributed by atoms with Gasteiger partial charge in [0.15, 0.2) is 0 Å². The third-order valence-electron chi connectivity index (χ3n) is 2.90. The SMILES string of the molecule is CC(=O)OC(NC(=O)c1ccc([N+](=O)[O-])cc1)c1ccncc1. The summed E-state index contributed by atoms with van der Waals surface area (Å²) in [5, 5.41) is 13.2. The maximum Gasteiger partial charge on any atom is 0.304 e. The second-order valence-electron chi connectivity index (χ2n) is 4.55. The highest BCUT2D eigenvalue weighted by molar-refractivity contribution is 5.94. The number of hydrogen-bond donors (Lipinski definition) is 1. The zero-order valence-corrected chi connectivity index (χ0v) is 12.1. The number of hydrogen-bond acceptors (Lipinski definition) is 6. The Morgan fingerprint density at radius 3 is 2.30 bits per heavy atom. The maximum atomic E-state index is 12.2. The molecule has 1 N–H and O–H groups in total. The first-order chi connectivity index (χ1) is 11.0. The normalized spacial score (nSPS) is 11.3. The summed E-state index contributed by atoms with van der Waals surface area (Å²) < 4.78 is 5.08. The number of ether oxygens (including phenoxy) is 1. The van der Waals surface area contributed by atoms with Gasteiger partial charge in [-0.05, 0) is 24.3 Å². The number of nitrogens with zero attached hydrogens (tertiary/aromatic N) is 2. The molecule has 0 fully saturated rings. The lowest BCUT2D eigenvalue weighted by atomic mass is 10.1. The molecule has 2 aromatic rings. The Morgan fingerprint density at radius 1 is 1.17 bits per heavy atom. The minimum Gasteiger partial charge on any atom is -0.437 e. The molecule has 0 aliphatic heterocycles. The topological polar surface area (TPSA) is 111 Å². The molecule has 23 heavy (non-hydrogen) atoms. The molecule has 0 bridgehead atoms. The van der Waals surface area contributed by atoms with E-state index in [1.54, 1.807) is 12.1 Å². The molecular weight excluding hydrogens is 302 g/mol. The Balaban J connectivity index is 2.17. The van der Waals surface area contributed by atoms with E-state index in [1.165, 1.54) is 43.6 Å². The van der Waals surface area contributed by atoms with E-state index in [4.69, 9.17) is 4.74 Å². The quantitative estimate of drug-likeness (QED) is 0.391. The lowest BCUT2D eigenvalue weighted by Gasteiger charge is -2.18. The third-order valence-corrected chi connectivity index (χ3v) is 2.90. The second kappa shape index (κ2) is 7.12. The summed E-state index contributed by atoms with van der Waals surface area (Å²) in [5.41, 5.74) is 0.638. The van der Waals surface area contributed by atoms with Crippen molar-refractivity contribution in [2.24, 2.45) is 0 Å². The molecule has 1 amide bonds. The standard InChI is InChI=1S/C15H13N3O5/c1-10(19)23-15(12-6-8-16-9-7-12)17-14(20)11-2-4-13(5-3-11)18(21)22/h2-9,15H,1H3,(H,17,20). The smallest absolute Gasteiger partial charge is 0.304 e. The third kappa shape index (κ3) is 4.34. The molecule has 0 radical (unpaired) electrons. The summed E-state index contributed by atoms with van der Waals surface area (Å²) in [6.45, 7) is 1.23. The predicted octanol–water partition coefficient (Wildman–Crippen LogP) is 1.98. The van der Waals surface area contributed by atoms with Gasteiger partial charge in [-0.25, -0.2) is 0 Å². The van der Waals surface area contributed by atoms with E-state index in [2.05, 4.69) is 10.3 Å². The largest absolute Gasteiger partial charge is 0.437 e. The van der Waals surface area contributed by atoms with Crippen LogP contribution >= 0.6 is 0 Å². The van der Waals surface area contributed by atoms with Crippen molar-refractivity contribution in [3.63, 3.8) is 0 Å². The summed E-state index contributed by atoms with van der Waals surface area (Å²) in [7, 11) is 0. The number of rotatable bonds is 5. The minimum absolute atomic E-state index is 0.118. The molecule has 2 rings (SSSR count). The van der Waals surface area contributed by atoms with Crippen LogP contribution in [0.25, 0.3) is 0 Å². The van der Waals surface area contributed by atoms with E-state index in [1.807, 2.05) is 0 Å². The summed E-state index contributed by atoms with van der Waals surface area (Å²) >= 11 is 0. The van der Waals surface area contributed by atoms with Crippen LogP contribution in [0, 0.1) is 10.1 Å². The molecule has 1 aromatic carbocycles. The summed E-state index contributed by atoms with van der Waals surface area (Å²) in [6, 6.07) is 8.30. The number of carbonyl (C=O) groups is 2. The average Bonchev–Trinajstić information content (AvgIpc) is 2.54. The summed E-state index contributed by atoms with van der Waals surface area (Å²) in [5.74, 6) is -1.08. The summed E-state index contributed by atoms with van der Waals surface area (Å²) in [4.78, 5) is 37.3. The first kappa shape index (κ1) is 16.1. The zero-order valence-electron chi connectivity index (χ0n) is 12.1. The van der Waals surface area contributed by atoms with Crippen molar-refractivity contribution in [3.05, 3.63) is 70.0 Å². The number of benzene rings is 1. The zero-order chi connectivity index (χ0) is 16.8. The van der Waals surface area contributed by atoms with Crippen LogP contribution < -0.4 is 5.32 Å². The van der Waals surface area contributed by atoms with Crippen molar-refractivity contribution in [2.45, 2.75) is 13.2 Å². The van der Waals surface area contributed by atoms with Crippen molar-refractivity contribution in [1.82, 2.24) is 10.3 Å². The highest BCUT2D eigenvalue weighted by Crippen LogP contribution is 2.16. The molecule has 1 aromatic heterocycles. The van der Waals surface area contributed by atoms with Crippen LogP contribution in [-0.2, 0) is 9.53 Å². The van der Waals surface area contributed by atoms with Crippen LogP contribution in [0.3, 0.4) is 0 Å². The Hall–Kier alpha value is -3.29. The number of carbonyl (C=O) groups excluding carboxylic acids is 2. The number of nitrogens with one attached hydrogen (secondary N) is 1. The minimum atomic E-state index is -0.974. The average molecular weight is 315 g/mol. The van der Waals surface area contributed by atoms with Gasteiger partial charge in [0.05, 0.1) is 4.92 Å². The Bertz CT molecular complexity index is 716. The van der Waals surface area contributed by atoms with E-state index in [0.29, 0.717) is 5.56 Å². The van der Waals surface area contributed by atoms with Gasteiger partial charge < -0.3 is 10.1 Å². The lowest BCUT2D eigenvalue weighted by Crippen LogP contribution is -2.31. The van der Waals surface area contributed by atoms with Gasteiger partial charge in [-0.3, -0.25) is 24.7 Å². The van der Waals surface area contributed by atoms with E-state index in [9.17, 15) is 19.7 Å². The van der Waals surface area contributed by atoms with Crippen LogP contribution in [-0.4, -0.2) is 21.8 Å². The molecule has 1 atom stereocenters. The van der Waals surface area contributed by atoms with Gasteiger partial charge in [-0.15, -0.1) is 0 Å². The highest BCUT2D eigenvalue weighted by Gasteiger charge is 2.19. The van der Waals surface area contributed by atoms with Crippen LogP contribution in [0.1, 0.15) is 29.1 Å². The van der Waals surface area contributed by atoms with E-state index in [0.717, 1.165) is 0 Å². The predicted molar refractivity (Wildman–Crippen MR) is 79.3 cm³/mol. The molecule has 0 saturated carbocycles. The lowest BCUT2D eigenvalue weighted by molar-refractivity contribution is -0.384. The fourth-order valence-electron chi connectivity index (χ4n) is 1.82. The number of esters is 1. The highest BCUT2D eigenvalue weighted by atomic mass is 16.6. The Kier molecular flexibility index (Phi) is 4.98. The van der Waals surface area contributed by atoms with Crippen molar-refractivity contribution < 1.29 is 19.2 Å². The first-order valence-corrected chi connectivity index (χ1v) is 6.60. The van der Waals surface area contributed by atoms with Crippen LogP contribution in [0.5, 0.6) is 0 Å². The number of nitro benzene ring substituents is 1. The van der Waals surface area contributed by atoms with Crippen molar-refractivity contribution >= 4 is 17.6 Å². The summed E-state index contributed by atoms with van der Waals surface area (Å²) in [6.07, 6.45) is 2.03. The number of aromatic nitrogens is 1. The Labute approximate surface area is 131 Å². The molecule has 1 heterocycles. The van der Waals surface area contributed by atoms with E-state index < -0.39 is 23.0 Å². The molecule has 0 spiro atoms. The number of non-ortho nitro benzene ring substituents is 1. The van der Waals surface area contributed by atoms with Gasteiger partial charge in [-0.1, -0.05) is 0 Å². The van der Waals surface area contributed by atoms with E-state index >= 15 is 0 Å². The van der Waals surface area contributed by atoms with Gasteiger partial charge in [0.1, 0.15) is 0 Å². The number of pyridine rings is 1. The number of amides is 1. The molecule has 0 aliphatic rings. The fraction of sp³-hybridized carbons (Fsp3) is 0.133. The van der Waals surface area contributed by atoms with Crippen molar-refractivity contribution in [1.29, 1.82) is 0 Å². The van der Waals surface area contributed by atoms with Crippen LogP contribution in [0.4, 0.5) is 5.69 Å². The van der Waals surface area contributed by atoms with Crippen LogP contribution in [0.2, 0.25) is 0 Å². The van der Waals surface area contributed by atoms with Crippen molar-refractivity contribution in [2.75, 3.05) is 0 Å². The van der Waals surface area contributed by atoms with E-state index in [-0.39, 0.29) is 11.3 Å². The molecule has 0 aliphatic carbocycles. The molecular formula is C15H13N3O5.